The van der Waals surface area contributed by atoms with Gasteiger partial charge in [-0.2, -0.15) is 0 Å². The van der Waals surface area contributed by atoms with E-state index in [1.807, 2.05) is 13.8 Å². The third kappa shape index (κ3) is 7.12. The van der Waals surface area contributed by atoms with Gasteiger partial charge in [0, 0.05) is 13.2 Å². The maximum atomic E-state index is 12.0. The summed E-state index contributed by atoms with van der Waals surface area (Å²) in [6.07, 6.45) is 9.96. The zero-order valence-electron chi connectivity index (χ0n) is 17.8. The van der Waals surface area contributed by atoms with Crippen LogP contribution < -0.4 is 5.32 Å². The quantitative estimate of drug-likeness (QED) is 0.536. The van der Waals surface area contributed by atoms with E-state index >= 15 is 0 Å². The molecular formula is C22H37NO5. The predicted octanol–water partition coefficient (Wildman–Crippen LogP) is 4.39. The first-order chi connectivity index (χ1) is 13.1. The lowest BCUT2D eigenvalue weighted by Crippen LogP contribution is -2.34. The van der Waals surface area contributed by atoms with Gasteiger partial charge in [0.1, 0.15) is 0 Å². The number of carboxylic acid groups (broad SMARTS) is 1. The van der Waals surface area contributed by atoms with Gasteiger partial charge in [0.15, 0.2) is 0 Å². The molecule has 0 radical (unpaired) electrons. The van der Waals surface area contributed by atoms with Crippen molar-refractivity contribution in [2.24, 2.45) is 23.2 Å². The number of nitrogens with one attached hydrogen (secondary N) is 1. The van der Waals surface area contributed by atoms with Crippen LogP contribution in [0, 0.1) is 23.2 Å². The van der Waals surface area contributed by atoms with Gasteiger partial charge in [-0.25, -0.2) is 4.79 Å². The second-order valence-electron chi connectivity index (χ2n) is 9.44. The molecule has 2 rings (SSSR count). The number of alkyl carbamates (subject to hydrolysis) is 1. The first-order valence-corrected chi connectivity index (χ1v) is 10.6. The minimum absolute atomic E-state index is 0.361. The molecule has 0 saturated heterocycles. The fraction of sp³-hybridized carbons (Fsp3) is 0.818. The molecule has 0 spiro atoms. The van der Waals surface area contributed by atoms with Crippen molar-refractivity contribution in [2.45, 2.75) is 71.8 Å². The Balaban J connectivity index is 1.58. The Morgan fingerprint density at radius 3 is 2.25 bits per heavy atom. The van der Waals surface area contributed by atoms with Crippen molar-refractivity contribution in [1.82, 2.24) is 5.32 Å². The highest BCUT2D eigenvalue weighted by Gasteiger charge is 2.49. The van der Waals surface area contributed by atoms with E-state index in [0.29, 0.717) is 38.5 Å². The monoisotopic (exact) mass is 395 g/mol. The first-order valence-electron chi connectivity index (χ1n) is 10.6. The first kappa shape index (κ1) is 22.7. The Labute approximate surface area is 169 Å². The Morgan fingerprint density at radius 2 is 1.68 bits per heavy atom. The minimum Gasteiger partial charge on any atom is -0.481 e. The molecule has 2 unspecified atom stereocenters. The van der Waals surface area contributed by atoms with E-state index in [2.05, 4.69) is 17.5 Å². The molecule has 1 saturated carbocycles. The zero-order chi connectivity index (χ0) is 20.8. The van der Waals surface area contributed by atoms with Gasteiger partial charge in [0.2, 0.25) is 0 Å². The third-order valence-electron chi connectivity index (χ3n) is 6.21. The predicted molar refractivity (Wildman–Crippen MR) is 108 cm³/mol. The normalized spacial score (nSPS) is 25.8. The van der Waals surface area contributed by atoms with Crippen molar-refractivity contribution >= 4 is 12.1 Å². The van der Waals surface area contributed by atoms with Crippen LogP contribution in [-0.4, -0.2) is 42.5 Å². The fourth-order valence-corrected chi connectivity index (χ4v) is 3.89. The number of hydrogen-bond acceptors (Lipinski definition) is 4. The number of rotatable bonds is 10. The average molecular weight is 396 g/mol. The largest absolute Gasteiger partial charge is 0.481 e. The summed E-state index contributed by atoms with van der Waals surface area (Å²) in [4.78, 5) is 23.1. The van der Waals surface area contributed by atoms with Gasteiger partial charge in [0.25, 0.3) is 0 Å². The fourth-order valence-electron chi connectivity index (χ4n) is 3.89. The van der Waals surface area contributed by atoms with Gasteiger partial charge in [-0.05, 0) is 84.0 Å². The molecule has 0 bridgehead atoms. The smallest absolute Gasteiger partial charge is 0.407 e. The van der Waals surface area contributed by atoms with Gasteiger partial charge in [-0.3, -0.25) is 4.79 Å². The maximum Gasteiger partial charge on any atom is 0.407 e. The van der Waals surface area contributed by atoms with Crippen LogP contribution in [0.4, 0.5) is 4.79 Å². The lowest BCUT2D eigenvalue weighted by molar-refractivity contribution is -0.149. The summed E-state index contributed by atoms with van der Waals surface area (Å²) in [6, 6.07) is 0. The number of allylic oxidation sites excluding steroid dienone is 2. The molecule has 1 fully saturated rings. The molecule has 2 aliphatic carbocycles. The van der Waals surface area contributed by atoms with Crippen molar-refractivity contribution in [1.29, 1.82) is 0 Å². The van der Waals surface area contributed by atoms with E-state index in [1.165, 1.54) is 12.8 Å². The second kappa shape index (κ2) is 9.77. The number of hydrogen-bond donors (Lipinski definition) is 2. The number of carbonyl (C=O) groups is 2. The topological polar surface area (TPSA) is 84.9 Å². The van der Waals surface area contributed by atoms with Gasteiger partial charge in [-0.1, -0.05) is 12.2 Å². The summed E-state index contributed by atoms with van der Waals surface area (Å²) in [6.45, 7) is 8.64. The number of carbonyl (C=O) groups excluding carboxylic acids is 1. The number of ether oxygens (including phenoxy) is 2. The summed E-state index contributed by atoms with van der Waals surface area (Å²) in [7, 11) is 0. The minimum atomic E-state index is -0.823. The molecule has 0 heterocycles. The molecule has 1 amide bonds. The van der Waals surface area contributed by atoms with E-state index < -0.39 is 17.0 Å². The molecule has 0 aromatic rings. The van der Waals surface area contributed by atoms with E-state index in [1.54, 1.807) is 13.8 Å². The van der Waals surface area contributed by atoms with Gasteiger partial charge >= 0.3 is 12.1 Å². The second-order valence-corrected chi connectivity index (χ2v) is 9.44. The number of aliphatic carboxylic acids is 1. The highest BCUT2D eigenvalue weighted by molar-refractivity contribution is 5.73. The standard InChI is InChI=1S/C22H37NO5/c1-21(2,19(24)25)12-14-28-22(3,4)11-13-23-20(26)27-15-18-16-9-7-5-6-8-10-17(16)18/h5-6,16-18H,7-15H2,1-4H3,(H,23,26)(H,24,25)/b6-5-. The number of fused-ring (bicyclic) bond motifs is 1. The Morgan fingerprint density at radius 1 is 1.07 bits per heavy atom. The van der Waals surface area contributed by atoms with Crippen molar-refractivity contribution in [3.63, 3.8) is 0 Å². The number of carboxylic acids is 1. The van der Waals surface area contributed by atoms with E-state index in [9.17, 15) is 9.59 Å². The Bertz CT molecular complexity index is 553. The van der Waals surface area contributed by atoms with Crippen LogP contribution in [0.2, 0.25) is 0 Å². The van der Waals surface area contributed by atoms with Crippen LogP contribution >= 0.6 is 0 Å². The highest BCUT2D eigenvalue weighted by Crippen LogP contribution is 2.52. The number of amides is 1. The molecule has 0 aromatic carbocycles. The maximum absolute atomic E-state index is 12.0. The molecule has 2 aliphatic rings. The molecule has 160 valence electrons. The van der Waals surface area contributed by atoms with Crippen LogP contribution in [0.5, 0.6) is 0 Å². The summed E-state index contributed by atoms with van der Waals surface area (Å²) in [5.41, 5.74) is -1.23. The lowest BCUT2D eigenvalue weighted by atomic mass is 9.90. The molecule has 0 aliphatic heterocycles. The van der Waals surface area contributed by atoms with Crippen molar-refractivity contribution in [3.05, 3.63) is 12.2 Å². The molecular weight excluding hydrogens is 358 g/mol. The summed E-state index contributed by atoms with van der Waals surface area (Å²) >= 11 is 0. The third-order valence-corrected chi connectivity index (χ3v) is 6.21. The van der Waals surface area contributed by atoms with Crippen molar-refractivity contribution < 1.29 is 24.2 Å². The SMILES string of the molecule is CC(C)(CCNC(=O)OCC1C2CC/C=C\CCC21)OCCC(C)(C)C(=O)O. The average Bonchev–Trinajstić information content (AvgIpc) is 3.21. The van der Waals surface area contributed by atoms with E-state index in [0.717, 1.165) is 24.7 Å². The van der Waals surface area contributed by atoms with Crippen LogP contribution in [0.3, 0.4) is 0 Å². The van der Waals surface area contributed by atoms with Crippen LogP contribution in [0.15, 0.2) is 12.2 Å². The summed E-state index contributed by atoms with van der Waals surface area (Å²) in [5.74, 6) is 1.15. The summed E-state index contributed by atoms with van der Waals surface area (Å²) in [5, 5.41) is 11.9. The van der Waals surface area contributed by atoms with Gasteiger partial charge < -0.3 is 19.9 Å². The van der Waals surface area contributed by atoms with Crippen molar-refractivity contribution in [2.75, 3.05) is 19.8 Å². The van der Waals surface area contributed by atoms with Crippen LogP contribution in [0.1, 0.15) is 66.2 Å². The molecule has 0 aromatic heterocycles. The Hall–Kier alpha value is -1.56. The lowest BCUT2D eigenvalue weighted by Gasteiger charge is -2.27. The van der Waals surface area contributed by atoms with Crippen LogP contribution in [0.25, 0.3) is 0 Å². The van der Waals surface area contributed by atoms with E-state index in [-0.39, 0.29) is 6.09 Å². The molecule has 2 N–H and O–H groups in total. The highest BCUT2D eigenvalue weighted by atomic mass is 16.5. The van der Waals surface area contributed by atoms with Crippen LogP contribution in [-0.2, 0) is 14.3 Å². The Kier molecular flexibility index (Phi) is 7.93. The van der Waals surface area contributed by atoms with Gasteiger partial charge in [0.05, 0.1) is 17.6 Å². The van der Waals surface area contributed by atoms with Crippen molar-refractivity contribution in [3.8, 4) is 0 Å². The molecule has 6 nitrogen and oxygen atoms in total. The van der Waals surface area contributed by atoms with E-state index in [4.69, 9.17) is 14.6 Å². The molecule has 6 heteroatoms. The molecule has 28 heavy (non-hydrogen) atoms. The molecule has 2 atom stereocenters. The van der Waals surface area contributed by atoms with Gasteiger partial charge in [-0.15, -0.1) is 0 Å². The summed E-state index contributed by atoms with van der Waals surface area (Å²) < 4.78 is 11.3. The zero-order valence-corrected chi connectivity index (χ0v) is 17.8.